The number of ether oxygens (including phenoxy) is 1. The monoisotopic (exact) mass is 283 g/mol. The summed E-state index contributed by atoms with van der Waals surface area (Å²) in [5.41, 5.74) is 2.18. The Labute approximate surface area is 123 Å². The molecule has 2 aromatic carbocycles. The molecule has 1 aliphatic rings. The number of hydrogen-bond donors (Lipinski definition) is 2. The summed E-state index contributed by atoms with van der Waals surface area (Å²) in [6.45, 7) is 0. The van der Waals surface area contributed by atoms with Gasteiger partial charge >= 0.3 is 5.97 Å². The largest absolute Gasteiger partial charge is 0.497 e. The molecule has 0 amide bonds. The third-order valence-corrected chi connectivity index (χ3v) is 3.82. The molecular weight excluding hydrogens is 266 g/mol. The highest BCUT2D eigenvalue weighted by Gasteiger charge is 2.38. The number of methoxy groups -OCH3 is 1. The van der Waals surface area contributed by atoms with E-state index in [9.17, 15) is 9.90 Å². The maximum atomic E-state index is 11.3. The van der Waals surface area contributed by atoms with Gasteiger partial charge in [-0.3, -0.25) is 0 Å². The number of anilines is 1. The predicted molar refractivity (Wildman–Crippen MR) is 81.2 cm³/mol. The first-order valence-corrected chi connectivity index (χ1v) is 6.92. The highest BCUT2D eigenvalue weighted by Crippen LogP contribution is 2.43. The zero-order valence-electron chi connectivity index (χ0n) is 11.7. The molecule has 0 spiro atoms. The lowest BCUT2D eigenvalue weighted by molar-refractivity contribution is 0.0698. The van der Waals surface area contributed by atoms with Gasteiger partial charge in [0.15, 0.2) is 0 Å². The average molecular weight is 283 g/mol. The van der Waals surface area contributed by atoms with Crippen LogP contribution in [-0.4, -0.2) is 24.2 Å². The summed E-state index contributed by atoms with van der Waals surface area (Å²) < 4.78 is 5.17. The molecule has 3 rings (SSSR count). The second-order valence-corrected chi connectivity index (χ2v) is 5.22. The lowest BCUT2D eigenvalue weighted by Crippen LogP contribution is -2.09. The van der Waals surface area contributed by atoms with Crippen molar-refractivity contribution in [2.75, 3.05) is 12.4 Å². The van der Waals surface area contributed by atoms with Gasteiger partial charge in [0.05, 0.1) is 18.4 Å². The van der Waals surface area contributed by atoms with Crippen LogP contribution in [0.3, 0.4) is 0 Å². The fourth-order valence-electron chi connectivity index (χ4n) is 2.58. The molecule has 2 aromatic rings. The molecule has 0 aliphatic heterocycles. The van der Waals surface area contributed by atoms with Crippen LogP contribution in [0, 0.1) is 0 Å². The van der Waals surface area contributed by atoms with E-state index in [0.29, 0.717) is 17.4 Å². The summed E-state index contributed by atoms with van der Waals surface area (Å²) in [6, 6.07) is 15.5. The Morgan fingerprint density at radius 3 is 2.67 bits per heavy atom. The smallest absolute Gasteiger partial charge is 0.337 e. The van der Waals surface area contributed by atoms with Gasteiger partial charge in [-0.05, 0) is 24.1 Å². The van der Waals surface area contributed by atoms with Crippen LogP contribution in [-0.2, 0) is 0 Å². The van der Waals surface area contributed by atoms with Gasteiger partial charge in [-0.15, -0.1) is 0 Å². The van der Waals surface area contributed by atoms with Crippen molar-refractivity contribution in [2.45, 2.75) is 18.4 Å². The van der Waals surface area contributed by atoms with Crippen molar-refractivity contribution in [3.05, 3.63) is 59.7 Å². The molecule has 0 bridgehead atoms. The van der Waals surface area contributed by atoms with E-state index >= 15 is 0 Å². The van der Waals surface area contributed by atoms with E-state index in [0.717, 1.165) is 6.42 Å². The van der Waals surface area contributed by atoms with Gasteiger partial charge in [0.2, 0.25) is 0 Å². The molecule has 1 aliphatic carbocycles. The fraction of sp³-hybridized carbons (Fsp3) is 0.235. The number of nitrogens with one attached hydrogen (secondary N) is 1. The van der Waals surface area contributed by atoms with Crippen LogP contribution >= 0.6 is 0 Å². The number of rotatable bonds is 5. The van der Waals surface area contributed by atoms with Gasteiger partial charge in [0.25, 0.3) is 0 Å². The second kappa shape index (κ2) is 5.48. The van der Waals surface area contributed by atoms with E-state index in [1.807, 2.05) is 18.2 Å². The minimum Gasteiger partial charge on any atom is -0.497 e. The number of carboxylic acid groups (broad SMARTS) is 1. The van der Waals surface area contributed by atoms with Crippen molar-refractivity contribution in [2.24, 2.45) is 0 Å². The molecule has 0 radical (unpaired) electrons. The van der Waals surface area contributed by atoms with Crippen molar-refractivity contribution in [1.29, 1.82) is 0 Å². The Kier molecular flexibility index (Phi) is 3.52. The van der Waals surface area contributed by atoms with Gasteiger partial charge < -0.3 is 15.2 Å². The molecule has 0 aromatic heterocycles. The van der Waals surface area contributed by atoms with Crippen molar-refractivity contribution in [1.82, 2.24) is 0 Å². The van der Waals surface area contributed by atoms with Crippen molar-refractivity contribution < 1.29 is 14.6 Å². The van der Waals surface area contributed by atoms with Crippen LogP contribution < -0.4 is 10.1 Å². The molecular formula is C17H17NO3. The number of carbonyl (C=O) groups is 1. The highest BCUT2D eigenvalue weighted by molar-refractivity contribution is 5.94. The van der Waals surface area contributed by atoms with E-state index in [2.05, 4.69) is 17.4 Å². The standard InChI is InChI=1S/C17H17NO3/c1-21-12-7-8-13(17(19)20)15(9-12)18-16-10-14(16)11-5-3-2-4-6-11/h2-9,14,16,18H,10H2,1H3,(H,19,20). The SMILES string of the molecule is COc1ccc(C(=O)O)c(NC2CC2c2ccccc2)c1. The topological polar surface area (TPSA) is 58.6 Å². The molecule has 1 fully saturated rings. The first-order valence-electron chi connectivity index (χ1n) is 6.92. The normalized spacial score (nSPS) is 19.9. The first kappa shape index (κ1) is 13.5. The molecule has 2 atom stereocenters. The summed E-state index contributed by atoms with van der Waals surface area (Å²) in [7, 11) is 1.57. The average Bonchev–Trinajstić information content (AvgIpc) is 3.27. The van der Waals surface area contributed by atoms with Crippen molar-refractivity contribution >= 4 is 11.7 Å². The van der Waals surface area contributed by atoms with Crippen LogP contribution in [0.2, 0.25) is 0 Å². The summed E-state index contributed by atoms with van der Waals surface area (Å²) in [5.74, 6) is 0.163. The number of hydrogen-bond acceptors (Lipinski definition) is 3. The maximum Gasteiger partial charge on any atom is 0.337 e. The minimum atomic E-state index is -0.933. The van der Waals surface area contributed by atoms with E-state index in [4.69, 9.17) is 4.74 Å². The molecule has 2 N–H and O–H groups in total. The minimum absolute atomic E-state index is 0.273. The second-order valence-electron chi connectivity index (χ2n) is 5.22. The summed E-state index contributed by atoms with van der Waals surface area (Å²) in [6.07, 6.45) is 1.01. The molecule has 4 nitrogen and oxygen atoms in total. The van der Waals surface area contributed by atoms with Crippen LogP contribution in [0.4, 0.5) is 5.69 Å². The van der Waals surface area contributed by atoms with Gasteiger partial charge in [0, 0.05) is 18.0 Å². The van der Waals surface area contributed by atoms with Crippen LogP contribution in [0.1, 0.15) is 28.3 Å². The summed E-state index contributed by atoms with van der Waals surface area (Å²) in [4.78, 5) is 11.3. The third kappa shape index (κ3) is 2.84. The Hall–Kier alpha value is -2.49. The Bertz CT molecular complexity index is 654. The molecule has 108 valence electrons. The number of benzene rings is 2. The predicted octanol–water partition coefficient (Wildman–Crippen LogP) is 3.36. The number of carboxylic acids is 1. The molecule has 2 unspecified atom stereocenters. The molecule has 1 saturated carbocycles. The van der Waals surface area contributed by atoms with Crippen molar-refractivity contribution in [3.8, 4) is 5.75 Å². The zero-order valence-corrected chi connectivity index (χ0v) is 11.7. The number of aromatic carboxylic acids is 1. The van der Waals surface area contributed by atoms with Crippen LogP contribution in [0.25, 0.3) is 0 Å². The van der Waals surface area contributed by atoms with E-state index in [-0.39, 0.29) is 11.6 Å². The molecule has 0 saturated heterocycles. The lowest BCUT2D eigenvalue weighted by Gasteiger charge is -2.11. The maximum absolute atomic E-state index is 11.3. The van der Waals surface area contributed by atoms with E-state index in [1.54, 1.807) is 25.3 Å². The summed E-state index contributed by atoms with van der Waals surface area (Å²) in [5, 5.41) is 12.6. The van der Waals surface area contributed by atoms with E-state index < -0.39 is 5.97 Å². The zero-order chi connectivity index (χ0) is 14.8. The van der Waals surface area contributed by atoms with E-state index in [1.165, 1.54) is 5.56 Å². The third-order valence-electron chi connectivity index (χ3n) is 3.82. The van der Waals surface area contributed by atoms with Gasteiger partial charge in [-0.1, -0.05) is 30.3 Å². The fourth-order valence-corrected chi connectivity index (χ4v) is 2.58. The molecule has 0 heterocycles. The summed E-state index contributed by atoms with van der Waals surface area (Å²) >= 11 is 0. The van der Waals surface area contributed by atoms with Crippen LogP contribution in [0.5, 0.6) is 5.75 Å². The quantitative estimate of drug-likeness (QED) is 0.883. The Morgan fingerprint density at radius 1 is 1.24 bits per heavy atom. The van der Waals surface area contributed by atoms with Crippen LogP contribution in [0.15, 0.2) is 48.5 Å². The first-order chi connectivity index (χ1) is 10.2. The van der Waals surface area contributed by atoms with Gasteiger partial charge in [0.1, 0.15) is 5.75 Å². The van der Waals surface area contributed by atoms with Gasteiger partial charge in [-0.2, -0.15) is 0 Å². The highest BCUT2D eigenvalue weighted by atomic mass is 16.5. The Balaban J connectivity index is 1.78. The van der Waals surface area contributed by atoms with Gasteiger partial charge in [-0.25, -0.2) is 4.79 Å². The Morgan fingerprint density at radius 2 is 2.00 bits per heavy atom. The lowest BCUT2D eigenvalue weighted by atomic mass is 10.1. The van der Waals surface area contributed by atoms with Crippen molar-refractivity contribution in [3.63, 3.8) is 0 Å². The molecule has 21 heavy (non-hydrogen) atoms. The molecule has 4 heteroatoms.